The van der Waals surface area contributed by atoms with Gasteiger partial charge in [-0.15, -0.1) is 12.4 Å². The zero-order valence-corrected chi connectivity index (χ0v) is 25.8. The maximum atomic E-state index is 13.7. The first-order chi connectivity index (χ1) is 18.6. The number of aromatic nitrogens is 1. The van der Waals surface area contributed by atoms with E-state index in [4.69, 9.17) is 9.72 Å². The van der Waals surface area contributed by atoms with Crippen LogP contribution in [0.2, 0.25) is 0 Å². The highest BCUT2D eigenvalue weighted by Crippen LogP contribution is 2.37. The van der Waals surface area contributed by atoms with E-state index in [1.165, 1.54) is 27.8 Å². The van der Waals surface area contributed by atoms with Gasteiger partial charge in [-0.1, -0.05) is 54.7 Å². The molecule has 0 aliphatic heterocycles. The fourth-order valence-electron chi connectivity index (χ4n) is 4.19. The van der Waals surface area contributed by atoms with Gasteiger partial charge in [-0.05, 0) is 62.5 Å². The van der Waals surface area contributed by atoms with Crippen LogP contribution in [0, 0.1) is 6.92 Å². The number of thiazole rings is 1. The number of anilines is 1. The molecule has 0 saturated carbocycles. The maximum absolute atomic E-state index is 13.7. The summed E-state index contributed by atoms with van der Waals surface area (Å²) in [5.41, 5.74) is 3.08. The van der Waals surface area contributed by atoms with E-state index < -0.39 is 10.0 Å². The van der Waals surface area contributed by atoms with Gasteiger partial charge in [0.15, 0.2) is 5.13 Å². The van der Waals surface area contributed by atoms with Crippen LogP contribution in [-0.4, -0.2) is 69.4 Å². The lowest BCUT2D eigenvalue weighted by Gasteiger charge is -2.23. The van der Waals surface area contributed by atoms with E-state index in [1.807, 2.05) is 75.3 Å². The summed E-state index contributed by atoms with van der Waals surface area (Å²) in [5.74, 6) is 0.414. The van der Waals surface area contributed by atoms with Gasteiger partial charge in [0.25, 0.3) is 5.91 Å². The smallest absolute Gasteiger partial charge is 0.260 e. The predicted octanol–water partition coefficient (Wildman–Crippen LogP) is 5.45. The normalized spacial score (nSPS) is 11.6. The molecule has 0 aliphatic carbocycles. The number of likely N-dealkylation sites (N-methyl/N-ethyl adjacent to an activating group) is 1. The Morgan fingerprint density at radius 2 is 1.65 bits per heavy atom. The van der Waals surface area contributed by atoms with Crippen LogP contribution in [0.1, 0.15) is 28.4 Å². The summed E-state index contributed by atoms with van der Waals surface area (Å²) < 4.78 is 34.7. The number of fused-ring (bicyclic) bond motifs is 1. The Balaban J connectivity index is 0.00000441. The van der Waals surface area contributed by atoms with Crippen molar-refractivity contribution in [3.05, 3.63) is 83.4 Å². The Kier molecular flexibility index (Phi) is 10.7. The molecule has 1 amide bonds. The first-order valence-corrected chi connectivity index (χ1v) is 15.0. The van der Waals surface area contributed by atoms with E-state index in [2.05, 4.69) is 0 Å². The third kappa shape index (κ3) is 6.82. The number of aryl methyl sites for hydroxylation is 1. The molecule has 0 bridgehead atoms. The lowest BCUT2D eigenvalue weighted by atomic mass is 10.2. The number of rotatable bonds is 11. The Labute approximate surface area is 246 Å². The zero-order chi connectivity index (χ0) is 28.2. The summed E-state index contributed by atoms with van der Waals surface area (Å²) in [6.45, 7) is 5.49. The molecule has 40 heavy (non-hydrogen) atoms. The number of methoxy groups -OCH3 is 1. The number of carbonyl (C=O) groups is 1. The number of carbonyl (C=O) groups excluding carboxylic acids is 1. The second-order valence-electron chi connectivity index (χ2n) is 9.46. The molecule has 11 heteroatoms. The summed E-state index contributed by atoms with van der Waals surface area (Å²) in [6, 6.07) is 19.5. The van der Waals surface area contributed by atoms with Crippen LogP contribution in [0.5, 0.6) is 5.75 Å². The highest BCUT2D eigenvalue weighted by molar-refractivity contribution is 7.89. The van der Waals surface area contributed by atoms with Crippen LogP contribution in [0.3, 0.4) is 0 Å². The number of nitrogens with zero attached hydrogens (tertiary/aromatic N) is 4. The summed E-state index contributed by atoms with van der Waals surface area (Å²) >= 11 is 1.44. The minimum Gasteiger partial charge on any atom is -0.494 e. The fraction of sp³-hybridized carbons (Fsp3) is 0.310. The van der Waals surface area contributed by atoms with Crippen molar-refractivity contribution in [2.75, 3.05) is 45.7 Å². The molecule has 0 saturated heterocycles. The van der Waals surface area contributed by atoms with Crippen molar-refractivity contribution in [3.63, 3.8) is 0 Å². The summed E-state index contributed by atoms with van der Waals surface area (Å²) in [6.07, 6.45) is 0. The second-order valence-corrected chi connectivity index (χ2v) is 12.4. The van der Waals surface area contributed by atoms with E-state index in [1.54, 1.807) is 24.1 Å². The highest BCUT2D eigenvalue weighted by Gasteiger charge is 2.26. The molecule has 0 atom stereocenters. The second kappa shape index (κ2) is 13.6. The van der Waals surface area contributed by atoms with Gasteiger partial charge in [0.1, 0.15) is 11.3 Å². The Morgan fingerprint density at radius 3 is 2.25 bits per heavy atom. The number of hydrogen-bond acceptors (Lipinski definition) is 7. The Morgan fingerprint density at radius 1 is 0.975 bits per heavy atom. The summed E-state index contributed by atoms with van der Waals surface area (Å²) in [7, 11) is 1.76. The van der Waals surface area contributed by atoms with E-state index in [-0.39, 0.29) is 29.8 Å². The molecule has 1 heterocycles. The molecular formula is C29H35ClN4O4S2. The predicted molar refractivity (Wildman–Crippen MR) is 165 cm³/mol. The van der Waals surface area contributed by atoms with Gasteiger partial charge in [0.05, 0.1) is 16.7 Å². The molecule has 0 N–H and O–H groups in total. The van der Waals surface area contributed by atoms with Gasteiger partial charge < -0.3 is 9.64 Å². The van der Waals surface area contributed by atoms with Crippen molar-refractivity contribution in [2.24, 2.45) is 0 Å². The van der Waals surface area contributed by atoms with Crippen LogP contribution in [0.15, 0.2) is 71.6 Å². The average molecular weight is 603 g/mol. The molecule has 0 fully saturated rings. The Bertz CT molecular complexity index is 1540. The minimum atomic E-state index is -3.74. The zero-order valence-electron chi connectivity index (χ0n) is 23.3. The van der Waals surface area contributed by atoms with E-state index in [0.717, 1.165) is 21.3 Å². The number of hydrogen-bond donors (Lipinski definition) is 0. The van der Waals surface area contributed by atoms with Gasteiger partial charge in [-0.3, -0.25) is 9.69 Å². The maximum Gasteiger partial charge on any atom is 0.260 e. The lowest BCUT2D eigenvalue weighted by molar-refractivity contribution is 0.0985. The highest BCUT2D eigenvalue weighted by atomic mass is 35.5. The monoisotopic (exact) mass is 602 g/mol. The van der Waals surface area contributed by atoms with Gasteiger partial charge in [0.2, 0.25) is 10.0 Å². The first kappa shape index (κ1) is 31.5. The summed E-state index contributed by atoms with van der Waals surface area (Å²) in [4.78, 5) is 22.3. The quantitative estimate of drug-likeness (QED) is 0.227. The van der Waals surface area contributed by atoms with Crippen molar-refractivity contribution in [1.82, 2.24) is 14.2 Å². The molecule has 1 aromatic heterocycles. The average Bonchev–Trinajstić information content (AvgIpc) is 3.38. The molecule has 0 spiro atoms. The molecular weight excluding hydrogens is 568 g/mol. The van der Waals surface area contributed by atoms with Crippen LogP contribution < -0.4 is 9.64 Å². The minimum absolute atomic E-state index is 0. The van der Waals surface area contributed by atoms with Crippen molar-refractivity contribution in [2.45, 2.75) is 25.3 Å². The topological polar surface area (TPSA) is 83.1 Å². The number of sulfonamides is 1. The van der Waals surface area contributed by atoms with E-state index in [0.29, 0.717) is 36.1 Å². The van der Waals surface area contributed by atoms with Crippen LogP contribution in [-0.2, 0) is 16.6 Å². The van der Waals surface area contributed by atoms with Crippen LogP contribution in [0.4, 0.5) is 5.13 Å². The van der Waals surface area contributed by atoms with E-state index in [9.17, 15) is 13.2 Å². The lowest BCUT2D eigenvalue weighted by Crippen LogP contribution is -2.36. The van der Waals surface area contributed by atoms with Crippen molar-refractivity contribution in [1.29, 1.82) is 0 Å². The molecule has 0 radical (unpaired) electrons. The van der Waals surface area contributed by atoms with Gasteiger partial charge >= 0.3 is 0 Å². The first-order valence-electron chi connectivity index (χ1n) is 12.7. The van der Waals surface area contributed by atoms with E-state index >= 15 is 0 Å². The van der Waals surface area contributed by atoms with Gasteiger partial charge in [0, 0.05) is 31.7 Å². The van der Waals surface area contributed by atoms with Crippen molar-refractivity contribution < 1.29 is 17.9 Å². The van der Waals surface area contributed by atoms with Gasteiger partial charge in [-0.25, -0.2) is 13.4 Å². The number of amides is 1. The van der Waals surface area contributed by atoms with Crippen molar-refractivity contribution in [3.8, 4) is 5.75 Å². The molecule has 4 rings (SSSR count). The molecule has 8 nitrogen and oxygen atoms in total. The number of halogens is 1. The number of ether oxygens (including phenoxy) is 1. The van der Waals surface area contributed by atoms with Gasteiger partial charge in [-0.2, -0.15) is 4.31 Å². The van der Waals surface area contributed by atoms with Crippen LogP contribution in [0.25, 0.3) is 10.2 Å². The van der Waals surface area contributed by atoms with Crippen LogP contribution >= 0.6 is 23.7 Å². The largest absolute Gasteiger partial charge is 0.494 e. The molecule has 4 aromatic rings. The SMILES string of the molecule is CCN(Cc1ccccc1)S(=O)(=O)c1ccc(C(=O)N(CCN(C)C)c2nc3c(OC)ccc(C)c3s2)cc1.Cl. The molecule has 0 aliphatic rings. The number of benzene rings is 3. The molecule has 214 valence electrons. The fourth-order valence-corrected chi connectivity index (χ4v) is 6.70. The third-order valence-electron chi connectivity index (χ3n) is 6.45. The summed E-state index contributed by atoms with van der Waals surface area (Å²) in [5, 5.41) is 0.571. The van der Waals surface area contributed by atoms with Crippen molar-refractivity contribution >= 4 is 55.0 Å². The third-order valence-corrected chi connectivity index (χ3v) is 9.60. The molecule has 3 aromatic carbocycles. The standard InChI is InChI=1S/C29H34N4O4S2.ClH/c1-6-32(20-22-10-8-7-9-11-22)39(35,36)24-15-13-23(14-16-24)28(34)33(19-18-31(3)4)29-30-26-25(37-5)17-12-21(2)27(26)38-29;/h7-17H,6,18-20H2,1-5H3;1H. The Hall–Kier alpha value is -3.02. The molecule has 0 unspecified atom stereocenters.